The van der Waals surface area contributed by atoms with Gasteiger partial charge in [-0.25, -0.2) is 0 Å². The molecule has 0 aliphatic carbocycles. The van der Waals surface area contributed by atoms with Crippen molar-refractivity contribution in [2.45, 2.75) is 9.79 Å². The van der Waals surface area contributed by atoms with Gasteiger partial charge in [0.1, 0.15) is 5.75 Å². The molecule has 3 rings (SSSR count). The molecule has 2 aromatic rings. The van der Waals surface area contributed by atoms with E-state index in [2.05, 4.69) is 12.1 Å². The average molecular weight is 303 g/mol. The molecule has 0 saturated carbocycles. The van der Waals surface area contributed by atoms with E-state index >= 15 is 0 Å². The van der Waals surface area contributed by atoms with Gasteiger partial charge in [0.15, 0.2) is 0 Å². The van der Waals surface area contributed by atoms with Gasteiger partial charge in [-0.05, 0) is 12.1 Å². The molecule has 0 fully saturated rings. The van der Waals surface area contributed by atoms with E-state index in [0.29, 0.717) is 0 Å². The summed E-state index contributed by atoms with van der Waals surface area (Å²) in [5.41, 5.74) is 0. The normalized spacial score (nSPS) is 11.0. The molecule has 0 aromatic heterocycles. The SMILES string of the molecule is [Br-].[Mg+2].[c-]1ccc2c(c1)Sc1ccccc1O2. The smallest absolute Gasteiger partial charge is 1.00 e. The number of halogens is 1. The minimum absolute atomic E-state index is 0. The fraction of sp³-hybridized carbons (Fsp3) is 0. The van der Waals surface area contributed by atoms with Crippen LogP contribution >= 0.6 is 11.8 Å². The van der Waals surface area contributed by atoms with Crippen LogP contribution in [0.2, 0.25) is 0 Å². The van der Waals surface area contributed by atoms with Crippen LogP contribution in [0.3, 0.4) is 0 Å². The largest absolute Gasteiger partial charge is 2.00 e. The third-order valence-electron chi connectivity index (χ3n) is 2.08. The zero-order valence-electron chi connectivity index (χ0n) is 8.44. The minimum Gasteiger partial charge on any atom is -1.00 e. The van der Waals surface area contributed by atoms with Gasteiger partial charge in [-0.3, -0.25) is 0 Å². The van der Waals surface area contributed by atoms with Crippen molar-refractivity contribution in [1.82, 2.24) is 0 Å². The molecule has 0 N–H and O–H groups in total. The second kappa shape index (κ2) is 5.96. The van der Waals surface area contributed by atoms with Crippen LogP contribution in [-0.2, 0) is 0 Å². The Kier molecular flexibility index (Phi) is 5.17. The van der Waals surface area contributed by atoms with Crippen LogP contribution in [0, 0.1) is 6.07 Å². The first kappa shape index (κ1) is 13.9. The van der Waals surface area contributed by atoms with Gasteiger partial charge in [0.05, 0.1) is 0 Å². The van der Waals surface area contributed by atoms with E-state index < -0.39 is 0 Å². The summed E-state index contributed by atoms with van der Waals surface area (Å²) in [5, 5.41) is 0. The number of fused-ring (bicyclic) bond motifs is 2. The van der Waals surface area contributed by atoms with Crippen LogP contribution in [0.15, 0.2) is 52.3 Å². The molecule has 1 aliphatic heterocycles. The number of ether oxygens (including phenoxy) is 1. The third kappa shape index (κ3) is 2.56. The van der Waals surface area contributed by atoms with E-state index in [-0.39, 0.29) is 40.0 Å². The second-order valence-corrected chi connectivity index (χ2v) is 4.11. The summed E-state index contributed by atoms with van der Waals surface area (Å²) >= 11 is 1.73. The third-order valence-corrected chi connectivity index (χ3v) is 3.17. The molecule has 0 radical (unpaired) electrons. The predicted molar refractivity (Wildman–Crippen MR) is 61.7 cm³/mol. The molecule has 2 aromatic carbocycles. The van der Waals surface area contributed by atoms with Gasteiger partial charge in [-0.1, -0.05) is 17.0 Å². The van der Waals surface area contributed by atoms with Crippen molar-refractivity contribution in [3.8, 4) is 11.5 Å². The summed E-state index contributed by atoms with van der Waals surface area (Å²) in [6.07, 6.45) is 0. The molecule has 1 nitrogen and oxygen atoms in total. The van der Waals surface area contributed by atoms with Crippen LogP contribution in [0.4, 0.5) is 0 Å². The van der Waals surface area contributed by atoms with Crippen molar-refractivity contribution in [3.63, 3.8) is 0 Å². The van der Waals surface area contributed by atoms with E-state index in [4.69, 9.17) is 4.74 Å². The summed E-state index contributed by atoms with van der Waals surface area (Å²) in [6, 6.07) is 16.9. The number of hydrogen-bond acceptors (Lipinski definition) is 2. The monoisotopic (exact) mass is 302 g/mol. The van der Waals surface area contributed by atoms with Crippen molar-refractivity contribution in [3.05, 3.63) is 48.5 Å². The van der Waals surface area contributed by atoms with Gasteiger partial charge in [0, 0.05) is 10.6 Å². The zero-order chi connectivity index (χ0) is 9.38. The van der Waals surface area contributed by atoms with Crippen LogP contribution in [0.1, 0.15) is 0 Å². The quantitative estimate of drug-likeness (QED) is 0.438. The maximum atomic E-state index is 5.74. The fourth-order valence-corrected chi connectivity index (χ4v) is 2.35. The molecular weight excluding hydrogens is 296 g/mol. The van der Waals surface area contributed by atoms with Crippen molar-refractivity contribution < 1.29 is 21.7 Å². The molecule has 0 bridgehead atoms. The van der Waals surface area contributed by atoms with E-state index in [1.807, 2.05) is 36.4 Å². The number of para-hydroxylation sites is 1. The number of hydrogen-bond donors (Lipinski definition) is 0. The molecule has 4 heteroatoms. The molecule has 0 unspecified atom stereocenters. The van der Waals surface area contributed by atoms with Crippen molar-refractivity contribution >= 4 is 34.8 Å². The Morgan fingerprint density at radius 2 is 1.75 bits per heavy atom. The van der Waals surface area contributed by atoms with Crippen LogP contribution < -0.4 is 21.7 Å². The first-order valence-electron chi connectivity index (χ1n) is 4.38. The number of benzene rings is 2. The summed E-state index contributed by atoms with van der Waals surface area (Å²) < 4.78 is 5.74. The van der Waals surface area contributed by atoms with Crippen LogP contribution in [0.5, 0.6) is 11.5 Å². The van der Waals surface area contributed by atoms with Gasteiger partial charge in [0.25, 0.3) is 0 Å². The van der Waals surface area contributed by atoms with Gasteiger partial charge in [-0.15, -0.1) is 6.07 Å². The Morgan fingerprint density at radius 1 is 1.00 bits per heavy atom. The first-order chi connectivity index (χ1) is 6.93. The molecule has 1 aliphatic rings. The average Bonchev–Trinajstić information content (AvgIpc) is 2.26. The van der Waals surface area contributed by atoms with Gasteiger partial charge in [0.2, 0.25) is 0 Å². The van der Waals surface area contributed by atoms with E-state index in [0.717, 1.165) is 16.4 Å². The predicted octanol–water partition coefficient (Wildman–Crippen LogP) is 0.367. The van der Waals surface area contributed by atoms with Crippen molar-refractivity contribution in [1.29, 1.82) is 0 Å². The molecule has 16 heavy (non-hydrogen) atoms. The van der Waals surface area contributed by atoms with E-state index in [9.17, 15) is 0 Å². The Hall–Kier alpha value is -0.164. The van der Waals surface area contributed by atoms with Gasteiger partial charge in [-0.2, -0.15) is 30.0 Å². The van der Waals surface area contributed by atoms with Crippen LogP contribution in [0.25, 0.3) is 0 Å². The maximum Gasteiger partial charge on any atom is 2.00 e. The standard InChI is InChI=1S/C12H7OS.BrH.Mg/c1-3-7-11-9(5-1)13-10-6-2-4-8-12(10)14-11;;/h1-3,5-8H;1H;/q-1;;+2/p-1. The Labute approximate surface area is 126 Å². The van der Waals surface area contributed by atoms with E-state index in [1.54, 1.807) is 11.8 Å². The molecule has 0 atom stereocenters. The molecular formula is C12H7BrMgOS. The Balaban J connectivity index is 0.000000640. The summed E-state index contributed by atoms with van der Waals surface area (Å²) in [6.45, 7) is 0. The van der Waals surface area contributed by atoms with E-state index in [1.165, 1.54) is 4.90 Å². The van der Waals surface area contributed by atoms with Gasteiger partial charge >= 0.3 is 23.1 Å². The zero-order valence-corrected chi connectivity index (χ0v) is 12.3. The first-order valence-corrected chi connectivity index (χ1v) is 5.20. The summed E-state index contributed by atoms with van der Waals surface area (Å²) in [4.78, 5) is 2.30. The minimum atomic E-state index is 0. The Bertz CT molecular complexity index is 402. The summed E-state index contributed by atoms with van der Waals surface area (Å²) in [7, 11) is 0. The van der Waals surface area contributed by atoms with Gasteiger partial charge < -0.3 is 21.7 Å². The fourth-order valence-electron chi connectivity index (χ4n) is 1.42. The summed E-state index contributed by atoms with van der Waals surface area (Å²) in [5.74, 6) is 1.86. The topological polar surface area (TPSA) is 9.23 Å². The molecule has 0 spiro atoms. The van der Waals surface area contributed by atoms with Crippen molar-refractivity contribution in [2.24, 2.45) is 0 Å². The molecule has 76 valence electrons. The number of rotatable bonds is 0. The van der Waals surface area contributed by atoms with Crippen LogP contribution in [-0.4, -0.2) is 23.1 Å². The Morgan fingerprint density at radius 3 is 2.62 bits per heavy atom. The van der Waals surface area contributed by atoms with Crippen molar-refractivity contribution in [2.75, 3.05) is 0 Å². The molecule has 0 amide bonds. The molecule has 1 heterocycles. The maximum absolute atomic E-state index is 5.74. The molecule has 0 saturated heterocycles. The second-order valence-electron chi connectivity index (χ2n) is 3.02.